The SMILES string of the molecule is CC(C)c1c(-c2cccc3[nH]ccc23)[nH]c(C(=O)O)c1-c1cc([N+](=O)[O-])c(O)cc1Cl. The first-order valence-corrected chi connectivity index (χ1v) is 9.81. The van der Waals surface area contributed by atoms with Crippen LogP contribution in [0.4, 0.5) is 5.69 Å². The Morgan fingerprint density at radius 2 is 1.94 bits per heavy atom. The molecule has 0 unspecified atom stereocenters. The van der Waals surface area contributed by atoms with Crippen molar-refractivity contribution in [3.05, 3.63) is 69.0 Å². The third-order valence-electron chi connectivity index (χ3n) is 5.22. The van der Waals surface area contributed by atoms with Gasteiger partial charge in [0.2, 0.25) is 0 Å². The maximum Gasteiger partial charge on any atom is 0.352 e. The Labute approximate surface area is 181 Å². The summed E-state index contributed by atoms with van der Waals surface area (Å²) >= 11 is 6.33. The van der Waals surface area contributed by atoms with Gasteiger partial charge in [-0.15, -0.1) is 0 Å². The number of nitrogens with zero attached hydrogens (tertiary/aromatic N) is 1. The number of H-pyrrole nitrogens is 2. The molecule has 2 heterocycles. The van der Waals surface area contributed by atoms with E-state index in [4.69, 9.17) is 11.6 Å². The van der Waals surface area contributed by atoms with E-state index in [0.717, 1.165) is 28.6 Å². The number of hydrogen-bond donors (Lipinski definition) is 4. The molecule has 31 heavy (non-hydrogen) atoms. The smallest absolute Gasteiger partial charge is 0.352 e. The minimum Gasteiger partial charge on any atom is -0.502 e. The lowest BCUT2D eigenvalue weighted by molar-refractivity contribution is -0.385. The second-order valence-corrected chi connectivity index (χ2v) is 7.85. The molecule has 0 aliphatic carbocycles. The van der Waals surface area contributed by atoms with Crippen LogP contribution in [0.15, 0.2) is 42.6 Å². The van der Waals surface area contributed by atoms with Crippen LogP contribution in [0.1, 0.15) is 35.8 Å². The van der Waals surface area contributed by atoms with E-state index in [1.54, 1.807) is 6.20 Å². The molecule has 0 saturated carbocycles. The summed E-state index contributed by atoms with van der Waals surface area (Å²) in [7, 11) is 0. The number of aromatic nitrogens is 2. The zero-order chi connectivity index (χ0) is 22.4. The molecule has 0 aliphatic heterocycles. The highest BCUT2D eigenvalue weighted by Gasteiger charge is 2.29. The number of carboxylic acids is 1. The molecule has 0 atom stereocenters. The molecular formula is C22H18ClN3O5. The summed E-state index contributed by atoms with van der Waals surface area (Å²) in [6.07, 6.45) is 1.80. The first-order valence-electron chi connectivity index (χ1n) is 9.43. The first-order chi connectivity index (χ1) is 14.7. The largest absolute Gasteiger partial charge is 0.502 e. The Balaban J connectivity index is 2.11. The van der Waals surface area contributed by atoms with E-state index < -0.39 is 22.3 Å². The van der Waals surface area contributed by atoms with Gasteiger partial charge in [-0.25, -0.2) is 4.79 Å². The third-order valence-corrected chi connectivity index (χ3v) is 5.54. The summed E-state index contributed by atoms with van der Waals surface area (Å²) in [6.45, 7) is 3.81. The van der Waals surface area contributed by atoms with Crippen LogP contribution < -0.4 is 0 Å². The van der Waals surface area contributed by atoms with Gasteiger partial charge in [-0.05, 0) is 23.6 Å². The molecular weight excluding hydrogens is 422 g/mol. The summed E-state index contributed by atoms with van der Waals surface area (Å²) in [5.74, 6) is -1.96. The fraction of sp³-hybridized carbons (Fsp3) is 0.136. The summed E-state index contributed by atoms with van der Waals surface area (Å²) in [5.41, 5.74) is 2.68. The quantitative estimate of drug-likeness (QED) is 0.226. The Morgan fingerprint density at radius 3 is 2.58 bits per heavy atom. The standard InChI is InChI=1S/C22H18ClN3O5/c1-10(2)18-19(13-8-16(26(30)31)17(27)9-14(13)23)21(22(28)29)25-20(18)12-4-3-5-15-11(12)6-7-24-15/h3-10,24-25,27H,1-2H3,(H,28,29). The zero-order valence-electron chi connectivity index (χ0n) is 16.6. The minimum atomic E-state index is -1.23. The van der Waals surface area contributed by atoms with Gasteiger partial charge in [-0.2, -0.15) is 0 Å². The van der Waals surface area contributed by atoms with Crippen molar-refractivity contribution >= 4 is 34.2 Å². The maximum atomic E-state index is 12.2. The van der Waals surface area contributed by atoms with Crippen molar-refractivity contribution in [3.8, 4) is 28.1 Å². The van der Waals surface area contributed by atoms with Gasteiger partial charge in [0.25, 0.3) is 0 Å². The lowest BCUT2D eigenvalue weighted by Crippen LogP contribution is -2.01. The van der Waals surface area contributed by atoms with Crippen molar-refractivity contribution in [2.45, 2.75) is 19.8 Å². The number of aromatic hydroxyl groups is 1. The third kappa shape index (κ3) is 3.30. The zero-order valence-corrected chi connectivity index (χ0v) is 17.3. The monoisotopic (exact) mass is 439 g/mol. The molecule has 0 aliphatic rings. The van der Waals surface area contributed by atoms with Crippen molar-refractivity contribution in [2.75, 3.05) is 0 Å². The molecule has 0 fully saturated rings. The van der Waals surface area contributed by atoms with Crippen molar-refractivity contribution in [2.24, 2.45) is 0 Å². The highest BCUT2D eigenvalue weighted by molar-refractivity contribution is 6.34. The number of aromatic carboxylic acids is 1. The van der Waals surface area contributed by atoms with Gasteiger partial charge in [0.1, 0.15) is 5.69 Å². The van der Waals surface area contributed by atoms with Crippen molar-refractivity contribution in [3.63, 3.8) is 0 Å². The Morgan fingerprint density at radius 1 is 1.19 bits per heavy atom. The van der Waals surface area contributed by atoms with Crippen molar-refractivity contribution in [1.82, 2.24) is 9.97 Å². The number of nitro groups is 1. The van der Waals surface area contributed by atoms with Gasteiger partial charge in [-0.3, -0.25) is 10.1 Å². The van der Waals surface area contributed by atoms with Gasteiger partial charge in [0.15, 0.2) is 5.75 Å². The summed E-state index contributed by atoms with van der Waals surface area (Å²) in [6, 6.07) is 9.72. The van der Waals surface area contributed by atoms with E-state index in [1.807, 2.05) is 38.1 Å². The van der Waals surface area contributed by atoms with Crippen LogP contribution >= 0.6 is 11.6 Å². The molecule has 158 valence electrons. The Bertz CT molecular complexity index is 1350. The van der Waals surface area contributed by atoms with E-state index >= 15 is 0 Å². The van der Waals surface area contributed by atoms with Crippen LogP contribution in [0.2, 0.25) is 5.02 Å². The van der Waals surface area contributed by atoms with Gasteiger partial charge >= 0.3 is 11.7 Å². The highest BCUT2D eigenvalue weighted by atomic mass is 35.5. The number of fused-ring (bicyclic) bond motifs is 1. The summed E-state index contributed by atoms with van der Waals surface area (Å²) in [5, 5.41) is 32.1. The second kappa shape index (κ2) is 7.48. The second-order valence-electron chi connectivity index (χ2n) is 7.45. The number of rotatable bonds is 5. The number of nitro benzene ring substituents is 1. The molecule has 0 amide bonds. The minimum absolute atomic E-state index is 0.0119. The number of hydrogen-bond acceptors (Lipinski definition) is 4. The van der Waals surface area contributed by atoms with Crippen molar-refractivity contribution in [1.29, 1.82) is 0 Å². The van der Waals surface area contributed by atoms with Gasteiger partial charge in [0, 0.05) is 45.9 Å². The predicted octanol–water partition coefficient (Wildman–Crippen LogP) is 5.92. The average molecular weight is 440 g/mol. The Hall–Kier alpha value is -3.78. The number of nitrogens with one attached hydrogen (secondary N) is 2. The molecule has 8 nitrogen and oxygen atoms in total. The lowest BCUT2D eigenvalue weighted by Gasteiger charge is -2.14. The van der Waals surface area contributed by atoms with Crippen molar-refractivity contribution < 1.29 is 19.9 Å². The number of halogens is 1. The number of phenolic OH excluding ortho intramolecular Hbond substituents is 1. The van der Waals surface area contributed by atoms with E-state index in [9.17, 15) is 25.1 Å². The fourth-order valence-corrected chi connectivity index (χ4v) is 4.19. The van der Waals surface area contributed by atoms with Gasteiger partial charge in [-0.1, -0.05) is 37.6 Å². The molecule has 4 aromatic rings. The molecule has 9 heteroatoms. The molecule has 4 N–H and O–H groups in total. The fourth-order valence-electron chi connectivity index (χ4n) is 3.94. The van der Waals surface area contributed by atoms with E-state index in [1.165, 1.54) is 0 Å². The van der Waals surface area contributed by atoms with Gasteiger partial charge in [0.05, 0.1) is 15.6 Å². The molecule has 0 spiro atoms. The Kier molecular flexibility index (Phi) is 4.94. The van der Waals surface area contributed by atoms with E-state index in [0.29, 0.717) is 11.3 Å². The number of benzene rings is 2. The lowest BCUT2D eigenvalue weighted by atomic mass is 9.90. The average Bonchev–Trinajstić information content (AvgIpc) is 3.32. The highest BCUT2D eigenvalue weighted by Crippen LogP contribution is 2.46. The maximum absolute atomic E-state index is 12.2. The predicted molar refractivity (Wildman–Crippen MR) is 118 cm³/mol. The molecule has 0 saturated heterocycles. The number of aromatic amines is 2. The van der Waals surface area contributed by atoms with E-state index in [2.05, 4.69) is 9.97 Å². The summed E-state index contributed by atoms with van der Waals surface area (Å²) < 4.78 is 0. The van der Waals surface area contributed by atoms with E-state index in [-0.39, 0.29) is 27.8 Å². The first kappa shape index (κ1) is 20.5. The normalized spacial score (nSPS) is 11.4. The number of carboxylic acid groups (broad SMARTS) is 1. The number of phenols is 1. The molecule has 0 radical (unpaired) electrons. The number of carbonyl (C=O) groups is 1. The molecule has 2 aromatic carbocycles. The van der Waals surface area contributed by atoms with Crippen LogP contribution in [0.5, 0.6) is 5.75 Å². The van der Waals surface area contributed by atoms with Crippen LogP contribution in [0.25, 0.3) is 33.3 Å². The molecule has 0 bridgehead atoms. The summed E-state index contributed by atoms with van der Waals surface area (Å²) in [4.78, 5) is 28.9. The van der Waals surface area contributed by atoms with Crippen LogP contribution in [0, 0.1) is 10.1 Å². The van der Waals surface area contributed by atoms with Crippen LogP contribution in [-0.4, -0.2) is 31.1 Å². The topological polar surface area (TPSA) is 132 Å². The van der Waals surface area contributed by atoms with Crippen LogP contribution in [0.3, 0.4) is 0 Å². The molecule has 4 rings (SSSR count). The van der Waals surface area contributed by atoms with Crippen LogP contribution in [-0.2, 0) is 0 Å². The molecule has 2 aromatic heterocycles. The van der Waals surface area contributed by atoms with Gasteiger partial charge < -0.3 is 20.2 Å².